The Kier molecular flexibility index (Phi) is 20.3. The van der Waals surface area contributed by atoms with Gasteiger partial charge in [-0.05, 0) is 44.6 Å². The fraction of sp³-hybridized carbons (Fsp3) is 0.769. The van der Waals surface area contributed by atoms with Gasteiger partial charge in [-0.3, -0.25) is 0 Å². The van der Waals surface area contributed by atoms with Crippen LogP contribution in [0.15, 0.2) is 18.2 Å². The first-order chi connectivity index (χ1) is 13.2. The van der Waals surface area contributed by atoms with Gasteiger partial charge >= 0.3 is 0 Å². The van der Waals surface area contributed by atoms with Crippen LogP contribution in [0.5, 0.6) is 0 Å². The van der Waals surface area contributed by atoms with Crippen LogP contribution in [0.25, 0.3) is 0 Å². The Bertz CT molecular complexity index is 433. The maximum Gasteiger partial charge on any atom is 0.0431 e. The van der Waals surface area contributed by atoms with E-state index in [4.69, 9.17) is 5.11 Å². The second-order valence-electron chi connectivity index (χ2n) is 8.66. The normalized spacial score (nSPS) is 12.0. The summed E-state index contributed by atoms with van der Waals surface area (Å²) < 4.78 is 0. The Hall–Kier alpha value is 0.816. The predicted molar refractivity (Wildman–Crippen MR) is 126 cm³/mol. The first-order valence-electron chi connectivity index (χ1n) is 11.9. The van der Waals surface area contributed by atoms with Crippen LogP contribution in [-0.4, -0.2) is 63.1 Å². The molecular weight excluding hydrogens is 367 g/mol. The smallest absolute Gasteiger partial charge is 0.0431 e. The molecule has 1 aromatic rings. The topological polar surface area (TPSA) is 20.2 Å². The van der Waals surface area contributed by atoms with Gasteiger partial charge in [0, 0.05) is 58.0 Å². The summed E-state index contributed by atoms with van der Waals surface area (Å²) in [6.07, 6.45) is 20.0. The van der Waals surface area contributed by atoms with Crippen molar-refractivity contribution < 1.29 is 5.11 Å². The van der Waals surface area contributed by atoms with Gasteiger partial charge in [0.2, 0.25) is 0 Å². The molecule has 28 heavy (non-hydrogen) atoms. The molecule has 0 amide bonds. The van der Waals surface area contributed by atoms with Gasteiger partial charge in [0.25, 0.3) is 0 Å². The Morgan fingerprint density at radius 1 is 0.643 bits per heavy atom. The second-order valence-corrected chi connectivity index (χ2v) is 8.66. The van der Waals surface area contributed by atoms with E-state index in [-0.39, 0.29) is 51.4 Å². The Labute approximate surface area is 218 Å². The molecule has 1 nitrogen and oxygen atoms in total. The minimum Gasteiger partial charge on any atom is -0.396 e. The summed E-state index contributed by atoms with van der Waals surface area (Å²) in [5, 5.41) is 8.88. The number of aliphatic hydroxyl groups is 1. The standard InChI is InChI=1S/C26H46O.K/c1-4-5-6-7-8-11-14-17-25(18-15-12-9-10-13-16-19-27)26-21-23(2)20-24(3)22-26;/h20-22,25,27H,4-19H2,1-3H3;. The van der Waals surface area contributed by atoms with Crippen molar-refractivity contribution in [3.05, 3.63) is 34.9 Å². The van der Waals surface area contributed by atoms with Crippen molar-refractivity contribution in [3.63, 3.8) is 0 Å². The van der Waals surface area contributed by atoms with E-state index in [0.717, 1.165) is 12.3 Å². The molecule has 0 bridgehead atoms. The molecule has 2 heteroatoms. The van der Waals surface area contributed by atoms with Gasteiger partial charge in [-0.2, -0.15) is 0 Å². The summed E-state index contributed by atoms with van der Waals surface area (Å²) >= 11 is 0. The van der Waals surface area contributed by atoms with Crippen molar-refractivity contribution in [3.8, 4) is 0 Å². The summed E-state index contributed by atoms with van der Waals surface area (Å²) in [6, 6.07) is 7.16. The van der Waals surface area contributed by atoms with E-state index in [1.807, 2.05) is 0 Å². The number of aliphatic hydroxyl groups excluding tert-OH is 1. The zero-order valence-corrected chi connectivity index (χ0v) is 22.7. The fourth-order valence-electron chi connectivity index (χ4n) is 4.28. The molecule has 0 spiro atoms. The van der Waals surface area contributed by atoms with Crippen LogP contribution in [-0.2, 0) is 0 Å². The number of hydrogen-bond acceptors (Lipinski definition) is 1. The van der Waals surface area contributed by atoms with Crippen LogP contribution in [0.3, 0.4) is 0 Å². The van der Waals surface area contributed by atoms with Crippen LogP contribution in [0.4, 0.5) is 0 Å². The summed E-state index contributed by atoms with van der Waals surface area (Å²) in [4.78, 5) is 0. The molecule has 0 aliphatic heterocycles. The second kappa shape index (κ2) is 19.8. The van der Waals surface area contributed by atoms with E-state index >= 15 is 0 Å². The molecule has 1 unspecified atom stereocenters. The van der Waals surface area contributed by atoms with Crippen LogP contribution in [0.1, 0.15) is 126 Å². The first-order valence-corrected chi connectivity index (χ1v) is 11.9. The summed E-state index contributed by atoms with van der Waals surface area (Å²) in [7, 11) is 0. The van der Waals surface area contributed by atoms with Gasteiger partial charge in [0.05, 0.1) is 0 Å². The van der Waals surface area contributed by atoms with Crippen molar-refractivity contribution in [1.82, 2.24) is 0 Å². The quantitative estimate of drug-likeness (QED) is 0.203. The van der Waals surface area contributed by atoms with E-state index < -0.39 is 0 Å². The van der Waals surface area contributed by atoms with Gasteiger partial charge in [-0.1, -0.05) is 113 Å². The third-order valence-electron chi connectivity index (χ3n) is 5.83. The van der Waals surface area contributed by atoms with Gasteiger partial charge in [-0.25, -0.2) is 0 Å². The monoisotopic (exact) mass is 413 g/mol. The number of hydrogen-bond donors (Lipinski definition) is 1. The van der Waals surface area contributed by atoms with E-state index in [2.05, 4.69) is 39.0 Å². The van der Waals surface area contributed by atoms with Crippen molar-refractivity contribution in [2.24, 2.45) is 0 Å². The van der Waals surface area contributed by atoms with Gasteiger partial charge in [0.1, 0.15) is 0 Å². The van der Waals surface area contributed by atoms with E-state index in [1.165, 1.54) is 101 Å². The molecule has 0 saturated carbocycles. The molecule has 0 aliphatic carbocycles. The van der Waals surface area contributed by atoms with Crippen LogP contribution >= 0.6 is 0 Å². The summed E-state index contributed by atoms with van der Waals surface area (Å²) in [6.45, 7) is 7.12. The van der Waals surface area contributed by atoms with Gasteiger partial charge in [-0.15, -0.1) is 0 Å². The van der Waals surface area contributed by atoms with Crippen LogP contribution < -0.4 is 0 Å². The molecule has 1 radical (unpaired) electrons. The number of benzene rings is 1. The molecule has 0 aliphatic rings. The van der Waals surface area contributed by atoms with Crippen molar-refractivity contribution >= 4 is 51.4 Å². The van der Waals surface area contributed by atoms with E-state index in [0.29, 0.717) is 6.61 Å². The van der Waals surface area contributed by atoms with Gasteiger partial charge in [0.15, 0.2) is 0 Å². The molecular formula is C26H46KO. The number of unbranched alkanes of at least 4 members (excludes halogenated alkanes) is 11. The minimum absolute atomic E-state index is 0. The van der Waals surface area contributed by atoms with Crippen LogP contribution in [0.2, 0.25) is 0 Å². The van der Waals surface area contributed by atoms with E-state index in [9.17, 15) is 0 Å². The van der Waals surface area contributed by atoms with E-state index in [1.54, 1.807) is 5.56 Å². The summed E-state index contributed by atoms with van der Waals surface area (Å²) in [5.41, 5.74) is 4.41. The van der Waals surface area contributed by atoms with Gasteiger partial charge < -0.3 is 5.11 Å². The maximum absolute atomic E-state index is 8.88. The largest absolute Gasteiger partial charge is 0.396 e. The van der Waals surface area contributed by atoms with Crippen molar-refractivity contribution in [2.45, 2.75) is 123 Å². The number of rotatable bonds is 17. The molecule has 1 atom stereocenters. The zero-order chi connectivity index (χ0) is 19.7. The molecule has 1 aromatic carbocycles. The Morgan fingerprint density at radius 3 is 1.54 bits per heavy atom. The minimum atomic E-state index is 0. The third-order valence-corrected chi connectivity index (χ3v) is 5.83. The SMILES string of the molecule is CCCCCCCCCC(CCCCCCCCO)c1cc(C)cc(C)c1.[K]. The predicted octanol–water partition coefficient (Wildman–Crippen LogP) is 7.87. The first kappa shape index (κ1) is 28.8. The Morgan fingerprint density at radius 2 is 1.07 bits per heavy atom. The summed E-state index contributed by atoms with van der Waals surface area (Å²) in [5.74, 6) is 0.747. The molecule has 0 fully saturated rings. The molecule has 0 heterocycles. The Balaban J connectivity index is 0.00000729. The van der Waals surface area contributed by atoms with Crippen molar-refractivity contribution in [2.75, 3.05) is 6.61 Å². The molecule has 0 saturated heterocycles. The third kappa shape index (κ3) is 14.7. The molecule has 1 rings (SSSR count). The average molecular weight is 414 g/mol. The maximum atomic E-state index is 8.88. The molecule has 0 aromatic heterocycles. The zero-order valence-electron chi connectivity index (χ0n) is 19.6. The molecule has 1 N–H and O–H groups in total. The molecule has 157 valence electrons. The number of aryl methyl sites for hydroxylation is 2. The van der Waals surface area contributed by atoms with Crippen molar-refractivity contribution in [1.29, 1.82) is 0 Å². The fourth-order valence-corrected chi connectivity index (χ4v) is 4.28. The van der Waals surface area contributed by atoms with Crippen LogP contribution in [0, 0.1) is 13.8 Å². The average Bonchev–Trinajstić information content (AvgIpc) is 2.64.